The van der Waals surface area contributed by atoms with Gasteiger partial charge in [-0.25, -0.2) is 4.79 Å². The van der Waals surface area contributed by atoms with Gasteiger partial charge in [-0.1, -0.05) is 11.8 Å². The van der Waals surface area contributed by atoms with Gasteiger partial charge in [-0.05, 0) is 87.6 Å². The topological polar surface area (TPSA) is 65.0 Å². The summed E-state index contributed by atoms with van der Waals surface area (Å²) in [6.07, 6.45) is -2.29. The number of carbonyl (C=O) groups is 1. The predicted octanol–water partition coefficient (Wildman–Crippen LogP) is 5.73. The van der Waals surface area contributed by atoms with Crippen molar-refractivity contribution in [2.75, 3.05) is 0 Å². The molecule has 1 fully saturated rings. The number of rotatable bonds is 8. The van der Waals surface area contributed by atoms with E-state index in [1.165, 1.54) is 38.1 Å². The standard InChI is InChI=1S/C25H25F3O5/c1-16-15-20(13-14-21(16)33-24(2,3)23(29)30)31-22(18-9-10-18)6-4-5-17-7-11-19(12-8-17)32-25(26,27)28/h7-8,11-15,18,22H,6,9-10H2,1-3H3,(H,29,30). The molecule has 2 aromatic carbocycles. The zero-order valence-electron chi connectivity index (χ0n) is 18.5. The molecule has 33 heavy (non-hydrogen) atoms. The van der Waals surface area contributed by atoms with Crippen LogP contribution >= 0.6 is 0 Å². The van der Waals surface area contributed by atoms with Gasteiger partial charge < -0.3 is 19.3 Å². The Morgan fingerprint density at radius 1 is 1.09 bits per heavy atom. The van der Waals surface area contributed by atoms with Crippen LogP contribution in [0.3, 0.4) is 0 Å². The van der Waals surface area contributed by atoms with Gasteiger partial charge in [0.15, 0.2) is 5.60 Å². The molecule has 1 unspecified atom stereocenters. The van der Waals surface area contributed by atoms with E-state index in [0.29, 0.717) is 29.4 Å². The number of aliphatic carboxylic acids is 1. The second kappa shape index (κ2) is 9.65. The molecule has 0 spiro atoms. The van der Waals surface area contributed by atoms with Crippen molar-refractivity contribution in [1.82, 2.24) is 0 Å². The average Bonchev–Trinajstić information content (AvgIpc) is 3.54. The van der Waals surface area contributed by atoms with Crippen molar-refractivity contribution in [2.45, 2.75) is 58.1 Å². The van der Waals surface area contributed by atoms with Crippen molar-refractivity contribution in [2.24, 2.45) is 5.92 Å². The Labute approximate surface area is 190 Å². The first-order valence-electron chi connectivity index (χ1n) is 10.5. The minimum absolute atomic E-state index is 0.119. The molecule has 0 aliphatic heterocycles. The van der Waals surface area contributed by atoms with E-state index in [1.807, 2.05) is 6.92 Å². The SMILES string of the molecule is Cc1cc(OC(CC#Cc2ccc(OC(F)(F)F)cc2)C2CC2)ccc1OC(C)(C)C(=O)O. The molecule has 0 aromatic heterocycles. The van der Waals surface area contributed by atoms with Crippen molar-refractivity contribution < 1.29 is 37.3 Å². The van der Waals surface area contributed by atoms with Crippen LogP contribution in [-0.2, 0) is 4.79 Å². The maximum Gasteiger partial charge on any atom is 0.573 e. The van der Waals surface area contributed by atoms with Crippen LogP contribution in [0.1, 0.15) is 44.2 Å². The lowest BCUT2D eigenvalue weighted by molar-refractivity contribution is -0.274. The zero-order valence-corrected chi connectivity index (χ0v) is 18.5. The highest BCUT2D eigenvalue weighted by Gasteiger charge is 2.33. The van der Waals surface area contributed by atoms with E-state index >= 15 is 0 Å². The minimum atomic E-state index is -4.73. The molecule has 176 valence electrons. The maximum atomic E-state index is 12.3. The Hall–Kier alpha value is -3.34. The largest absolute Gasteiger partial charge is 0.573 e. The summed E-state index contributed by atoms with van der Waals surface area (Å²) in [6.45, 7) is 4.79. The maximum absolute atomic E-state index is 12.3. The lowest BCUT2D eigenvalue weighted by Crippen LogP contribution is -2.38. The molecule has 3 rings (SSSR count). The van der Waals surface area contributed by atoms with Crippen LogP contribution in [0, 0.1) is 24.7 Å². The first-order chi connectivity index (χ1) is 15.4. The third-order valence-electron chi connectivity index (χ3n) is 5.09. The molecule has 2 aromatic rings. The number of alkyl halides is 3. The van der Waals surface area contributed by atoms with Crippen molar-refractivity contribution in [3.63, 3.8) is 0 Å². The molecule has 8 heteroatoms. The van der Waals surface area contributed by atoms with Gasteiger partial charge in [0.1, 0.15) is 23.4 Å². The molecule has 1 atom stereocenters. The van der Waals surface area contributed by atoms with E-state index in [1.54, 1.807) is 18.2 Å². The van der Waals surface area contributed by atoms with E-state index < -0.39 is 17.9 Å². The third-order valence-corrected chi connectivity index (χ3v) is 5.09. The summed E-state index contributed by atoms with van der Waals surface area (Å²) in [5.41, 5.74) is -0.0165. The quantitative estimate of drug-likeness (QED) is 0.507. The highest BCUT2D eigenvalue weighted by molar-refractivity contribution is 5.76. The van der Waals surface area contributed by atoms with Gasteiger partial charge in [0, 0.05) is 12.0 Å². The number of carboxylic acid groups (broad SMARTS) is 1. The van der Waals surface area contributed by atoms with Crippen molar-refractivity contribution in [3.05, 3.63) is 53.6 Å². The summed E-state index contributed by atoms with van der Waals surface area (Å²) < 4.78 is 52.4. The highest BCUT2D eigenvalue weighted by Crippen LogP contribution is 2.37. The summed E-state index contributed by atoms with van der Waals surface area (Å²) in [6, 6.07) is 10.6. The van der Waals surface area contributed by atoms with Crippen LogP contribution < -0.4 is 14.2 Å². The Kier molecular flexibility index (Phi) is 7.11. The summed E-state index contributed by atoms with van der Waals surface area (Å²) in [5, 5.41) is 9.24. The average molecular weight is 462 g/mol. The van der Waals surface area contributed by atoms with Crippen LogP contribution in [0.15, 0.2) is 42.5 Å². The summed E-state index contributed by atoms with van der Waals surface area (Å²) in [7, 11) is 0. The third kappa shape index (κ3) is 7.35. The normalized spacial score (nSPS) is 14.6. The highest BCUT2D eigenvalue weighted by atomic mass is 19.4. The molecule has 1 aliphatic rings. The van der Waals surface area contributed by atoms with Crippen molar-refractivity contribution in [3.8, 4) is 29.1 Å². The second-order valence-electron chi connectivity index (χ2n) is 8.42. The Morgan fingerprint density at radius 3 is 2.27 bits per heavy atom. The molecule has 0 heterocycles. The minimum Gasteiger partial charge on any atom is -0.489 e. The molecule has 1 N–H and O–H groups in total. The lowest BCUT2D eigenvalue weighted by Gasteiger charge is -2.23. The molecule has 5 nitrogen and oxygen atoms in total. The van der Waals surface area contributed by atoms with E-state index in [0.717, 1.165) is 18.4 Å². The van der Waals surface area contributed by atoms with Crippen molar-refractivity contribution >= 4 is 5.97 Å². The monoisotopic (exact) mass is 462 g/mol. The summed E-state index contributed by atoms with van der Waals surface area (Å²) >= 11 is 0. The van der Waals surface area contributed by atoms with Crippen LogP contribution in [0.4, 0.5) is 13.2 Å². The molecule has 1 aliphatic carbocycles. The molecule has 0 saturated heterocycles. The van der Waals surface area contributed by atoms with Crippen LogP contribution in [-0.4, -0.2) is 29.1 Å². The molecule has 1 saturated carbocycles. The van der Waals surface area contributed by atoms with Gasteiger partial charge in [-0.3, -0.25) is 0 Å². The van der Waals surface area contributed by atoms with Gasteiger partial charge in [-0.2, -0.15) is 0 Å². The van der Waals surface area contributed by atoms with E-state index in [-0.39, 0.29) is 11.9 Å². The lowest BCUT2D eigenvalue weighted by atomic mass is 10.1. The van der Waals surface area contributed by atoms with Gasteiger partial charge in [0.25, 0.3) is 0 Å². The zero-order chi connectivity index (χ0) is 24.2. The van der Waals surface area contributed by atoms with Crippen LogP contribution in [0.5, 0.6) is 17.2 Å². The fourth-order valence-corrected chi connectivity index (χ4v) is 3.07. The number of aryl methyl sites for hydroxylation is 1. The van der Waals surface area contributed by atoms with E-state index in [2.05, 4.69) is 16.6 Å². The fraction of sp³-hybridized carbons (Fsp3) is 0.400. The number of hydrogen-bond donors (Lipinski definition) is 1. The summed E-state index contributed by atoms with van der Waals surface area (Å²) in [5.74, 6) is 6.15. The van der Waals surface area contributed by atoms with Crippen LogP contribution in [0.25, 0.3) is 0 Å². The summed E-state index contributed by atoms with van der Waals surface area (Å²) in [4.78, 5) is 11.3. The fourth-order valence-electron chi connectivity index (χ4n) is 3.07. The van der Waals surface area contributed by atoms with Crippen LogP contribution in [0.2, 0.25) is 0 Å². The molecular weight excluding hydrogens is 437 g/mol. The smallest absolute Gasteiger partial charge is 0.489 e. The number of halogens is 3. The molecule has 0 amide bonds. The molecule has 0 radical (unpaired) electrons. The molecular formula is C25H25F3O5. The number of ether oxygens (including phenoxy) is 3. The van der Waals surface area contributed by atoms with Gasteiger partial charge in [0.05, 0.1) is 0 Å². The predicted molar refractivity (Wildman–Crippen MR) is 115 cm³/mol. The number of hydrogen-bond acceptors (Lipinski definition) is 4. The Bertz CT molecular complexity index is 1040. The number of carboxylic acids is 1. The van der Waals surface area contributed by atoms with Gasteiger partial charge in [0.2, 0.25) is 0 Å². The van der Waals surface area contributed by atoms with E-state index in [9.17, 15) is 23.1 Å². The Balaban J connectivity index is 1.62. The second-order valence-corrected chi connectivity index (χ2v) is 8.42. The van der Waals surface area contributed by atoms with Gasteiger partial charge >= 0.3 is 12.3 Å². The Morgan fingerprint density at radius 2 is 1.73 bits per heavy atom. The first kappa shape index (κ1) is 24.3. The number of benzene rings is 2. The molecule has 0 bridgehead atoms. The van der Waals surface area contributed by atoms with Gasteiger partial charge in [-0.15, -0.1) is 13.2 Å². The van der Waals surface area contributed by atoms with E-state index in [4.69, 9.17) is 9.47 Å². The first-order valence-corrected chi connectivity index (χ1v) is 10.5. The van der Waals surface area contributed by atoms with Crippen molar-refractivity contribution in [1.29, 1.82) is 0 Å².